The smallest absolute Gasteiger partial charge is 0.232 e. The van der Waals surface area contributed by atoms with Crippen LogP contribution < -0.4 is 5.32 Å². The molecule has 1 aliphatic carbocycles. The maximum absolute atomic E-state index is 12.9. The molecule has 4 heteroatoms. The van der Waals surface area contributed by atoms with Crippen molar-refractivity contribution in [1.29, 1.82) is 0 Å². The van der Waals surface area contributed by atoms with Gasteiger partial charge in [0.25, 0.3) is 0 Å². The van der Waals surface area contributed by atoms with Crippen molar-refractivity contribution in [2.75, 3.05) is 5.32 Å². The minimum atomic E-state index is -0.0684. The van der Waals surface area contributed by atoms with Gasteiger partial charge >= 0.3 is 0 Å². The van der Waals surface area contributed by atoms with Crippen molar-refractivity contribution in [1.82, 2.24) is 9.78 Å². The fraction of sp³-hybridized carbons (Fsp3) is 0.474. The third kappa shape index (κ3) is 3.63. The van der Waals surface area contributed by atoms with E-state index in [1.165, 1.54) is 12.8 Å². The highest BCUT2D eigenvalue weighted by Crippen LogP contribution is 2.38. The fourth-order valence-corrected chi connectivity index (χ4v) is 3.49. The number of rotatable bonds is 5. The topological polar surface area (TPSA) is 46.9 Å². The molecule has 122 valence electrons. The summed E-state index contributed by atoms with van der Waals surface area (Å²) in [7, 11) is 0. The molecule has 23 heavy (non-hydrogen) atoms. The Balaban J connectivity index is 1.79. The van der Waals surface area contributed by atoms with Crippen LogP contribution in [-0.4, -0.2) is 15.7 Å². The minimum Gasteiger partial charge on any atom is -0.323 e. The largest absolute Gasteiger partial charge is 0.323 e. The van der Waals surface area contributed by atoms with Crippen molar-refractivity contribution in [3.8, 4) is 0 Å². The molecule has 2 aromatic rings. The lowest BCUT2D eigenvalue weighted by molar-refractivity contribution is -0.118. The van der Waals surface area contributed by atoms with Crippen molar-refractivity contribution in [3.05, 3.63) is 48.3 Å². The molecule has 0 spiro atoms. The van der Waals surface area contributed by atoms with Crippen molar-refractivity contribution < 1.29 is 4.79 Å². The third-order valence-corrected chi connectivity index (χ3v) is 4.71. The second-order valence-corrected chi connectivity index (χ2v) is 6.72. The van der Waals surface area contributed by atoms with Crippen LogP contribution in [-0.2, 0) is 4.79 Å². The first kappa shape index (κ1) is 15.8. The molecule has 1 aromatic heterocycles. The first-order valence-corrected chi connectivity index (χ1v) is 8.55. The zero-order valence-electron chi connectivity index (χ0n) is 13.9. The summed E-state index contributed by atoms with van der Waals surface area (Å²) >= 11 is 0. The molecule has 1 saturated carbocycles. The number of nitrogens with zero attached hydrogens (tertiary/aromatic N) is 2. The van der Waals surface area contributed by atoms with Crippen LogP contribution in [0.4, 0.5) is 5.69 Å². The molecular weight excluding hydrogens is 286 g/mol. The molecule has 0 aliphatic heterocycles. The zero-order chi connectivity index (χ0) is 16.2. The van der Waals surface area contributed by atoms with Gasteiger partial charge in [-0.15, -0.1) is 0 Å². The van der Waals surface area contributed by atoms with Gasteiger partial charge in [0.2, 0.25) is 5.91 Å². The highest BCUT2D eigenvalue weighted by atomic mass is 16.1. The van der Waals surface area contributed by atoms with E-state index in [9.17, 15) is 4.79 Å². The number of aromatic nitrogens is 2. The summed E-state index contributed by atoms with van der Waals surface area (Å²) in [5.74, 6) is 0.463. The number of hydrogen-bond acceptors (Lipinski definition) is 2. The van der Waals surface area contributed by atoms with E-state index in [-0.39, 0.29) is 11.8 Å². The summed E-state index contributed by atoms with van der Waals surface area (Å²) in [6.45, 7) is 4.15. The number of benzene rings is 1. The summed E-state index contributed by atoms with van der Waals surface area (Å²) in [5, 5.41) is 7.37. The van der Waals surface area contributed by atoms with Crippen molar-refractivity contribution in [2.24, 2.45) is 5.92 Å². The summed E-state index contributed by atoms with van der Waals surface area (Å²) in [4.78, 5) is 12.9. The first-order valence-electron chi connectivity index (χ1n) is 8.55. The van der Waals surface area contributed by atoms with Crippen LogP contribution in [0.5, 0.6) is 0 Å². The van der Waals surface area contributed by atoms with E-state index < -0.39 is 0 Å². The summed E-state index contributed by atoms with van der Waals surface area (Å²) in [5.41, 5.74) is 1.90. The lowest BCUT2D eigenvalue weighted by atomic mass is 9.84. The molecule has 1 atom stereocenters. The molecule has 4 nitrogen and oxygen atoms in total. The molecule has 0 bridgehead atoms. The SMILES string of the molecule is CC(C)n1cc(NC(=O)C(c2ccccc2)C2CCCC2)cn1. The quantitative estimate of drug-likeness (QED) is 0.891. The summed E-state index contributed by atoms with van der Waals surface area (Å²) < 4.78 is 1.86. The monoisotopic (exact) mass is 311 g/mol. The average molecular weight is 311 g/mol. The Morgan fingerprint density at radius 1 is 1.22 bits per heavy atom. The number of anilines is 1. The Morgan fingerprint density at radius 2 is 1.91 bits per heavy atom. The molecule has 1 heterocycles. The van der Waals surface area contributed by atoms with Gasteiger partial charge in [0.15, 0.2) is 0 Å². The van der Waals surface area contributed by atoms with E-state index >= 15 is 0 Å². The molecule has 0 radical (unpaired) electrons. The maximum atomic E-state index is 12.9. The van der Waals surface area contributed by atoms with E-state index in [2.05, 4.69) is 36.4 Å². The van der Waals surface area contributed by atoms with Gasteiger partial charge in [0.05, 0.1) is 17.8 Å². The van der Waals surface area contributed by atoms with E-state index in [1.807, 2.05) is 29.1 Å². The van der Waals surface area contributed by atoms with Crippen LogP contribution in [0.15, 0.2) is 42.7 Å². The average Bonchev–Trinajstić information content (AvgIpc) is 3.20. The van der Waals surface area contributed by atoms with Crippen molar-refractivity contribution in [3.63, 3.8) is 0 Å². The second kappa shape index (κ2) is 6.99. The van der Waals surface area contributed by atoms with E-state index in [0.29, 0.717) is 12.0 Å². The lowest BCUT2D eigenvalue weighted by Gasteiger charge is -2.22. The minimum absolute atomic E-state index is 0.0684. The van der Waals surface area contributed by atoms with E-state index in [0.717, 1.165) is 24.1 Å². The van der Waals surface area contributed by atoms with Gasteiger partial charge in [-0.3, -0.25) is 9.48 Å². The third-order valence-electron chi connectivity index (χ3n) is 4.71. The van der Waals surface area contributed by atoms with Gasteiger partial charge in [-0.1, -0.05) is 43.2 Å². The van der Waals surface area contributed by atoms with Crippen LogP contribution in [0.25, 0.3) is 0 Å². The van der Waals surface area contributed by atoms with Gasteiger partial charge in [0.1, 0.15) is 0 Å². The Hall–Kier alpha value is -2.10. The molecule has 1 amide bonds. The number of nitrogens with one attached hydrogen (secondary N) is 1. The number of carbonyl (C=O) groups is 1. The van der Waals surface area contributed by atoms with E-state index in [1.54, 1.807) is 6.20 Å². The van der Waals surface area contributed by atoms with Crippen LogP contribution in [0.1, 0.15) is 57.1 Å². The van der Waals surface area contributed by atoms with Crippen molar-refractivity contribution in [2.45, 2.75) is 51.5 Å². The lowest BCUT2D eigenvalue weighted by Crippen LogP contribution is -2.26. The highest BCUT2D eigenvalue weighted by Gasteiger charge is 2.32. The predicted molar refractivity (Wildman–Crippen MR) is 92.4 cm³/mol. The summed E-state index contributed by atoms with van der Waals surface area (Å²) in [6, 6.07) is 10.5. The molecule has 1 aromatic carbocycles. The Labute approximate surface area is 137 Å². The predicted octanol–water partition coefficient (Wildman–Crippen LogP) is 4.38. The zero-order valence-corrected chi connectivity index (χ0v) is 13.9. The van der Waals surface area contributed by atoms with E-state index in [4.69, 9.17) is 0 Å². The van der Waals surface area contributed by atoms with Gasteiger partial charge in [-0.2, -0.15) is 5.10 Å². The Bertz CT molecular complexity index is 642. The molecule has 1 unspecified atom stereocenters. The normalized spacial score (nSPS) is 16.7. The Morgan fingerprint density at radius 3 is 2.52 bits per heavy atom. The van der Waals surface area contributed by atoms with Gasteiger partial charge < -0.3 is 5.32 Å². The molecule has 1 N–H and O–H groups in total. The van der Waals surface area contributed by atoms with Crippen LogP contribution in [0.2, 0.25) is 0 Å². The van der Waals surface area contributed by atoms with Gasteiger partial charge in [-0.25, -0.2) is 0 Å². The van der Waals surface area contributed by atoms with Gasteiger partial charge in [0, 0.05) is 12.2 Å². The maximum Gasteiger partial charge on any atom is 0.232 e. The molecule has 1 aliphatic rings. The second-order valence-electron chi connectivity index (χ2n) is 6.72. The number of amides is 1. The molecule has 0 saturated heterocycles. The molecular formula is C19H25N3O. The molecule has 1 fully saturated rings. The number of carbonyl (C=O) groups excluding carboxylic acids is 1. The van der Waals surface area contributed by atoms with Crippen LogP contribution >= 0.6 is 0 Å². The summed E-state index contributed by atoms with van der Waals surface area (Å²) in [6.07, 6.45) is 8.36. The first-order chi connectivity index (χ1) is 11.1. The van der Waals surface area contributed by atoms with Crippen LogP contribution in [0.3, 0.4) is 0 Å². The molecule has 3 rings (SSSR count). The number of hydrogen-bond donors (Lipinski definition) is 1. The van der Waals surface area contributed by atoms with Gasteiger partial charge in [-0.05, 0) is 38.2 Å². The van der Waals surface area contributed by atoms with Crippen LogP contribution in [0, 0.1) is 5.92 Å². The van der Waals surface area contributed by atoms with Crippen molar-refractivity contribution >= 4 is 11.6 Å². The fourth-order valence-electron chi connectivity index (χ4n) is 3.49. The standard InChI is InChI=1S/C19H25N3O/c1-14(2)22-13-17(12-20-22)21-19(23)18(16-10-6-7-11-16)15-8-4-3-5-9-15/h3-5,8-9,12-14,16,18H,6-7,10-11H2,1-2H3,(H,21,23). The highest BCUT2D eigenvalue weighted by molar-refractivity contribution is 5.95. The Kier molecular flexibility index (Phi) is 4.79.